The Morgan fingerprint density at radius 1 is 1.06 bits per heavy atom. The van der Waals surface area contributed by atoms with Crippen LogP contribution in [0, 0.1) is 0 Å². The van der Waals surface area contributed by atoms with Gasteiger partial charge in [-0.15, -0.1) is 0 Å². The molecular weight excluding hydrogens is 465 g/mol. The lowest BCUT2D eigenvalue weighted by molar-refractivity contribution is -0.141. The Morgan fingerprint density at radius 3 is 2.36 bits per heavy atom. The molecule has 1 heterocycles. The molecule has 2 aromatic rings. The molecule has 3 amide bonds. The van der Waals surface area contributed by atoms with Crippen LogP contribution in [0.25, 0.3) is 0 Å². The number of amides is 3. The van der Waals surface area contributed by atoms with Crippen molar-refractivity contribution < 1.29 is 19.2 Å². The van der Waals surface area contributed by atoms with E-state index in [1.165, 1.54) is 4.90 Å². The third-order valence-electron chi connectivity index (χ3n) is 5.50. The monoisotopic (exact) mass is 489 g/mol. The molecule has 1 aliphatic heterocycles. The maximum absolute atomic E-state index is 13.2. The summed E-state index contributed by atoms with van der Waals surface area (Å²) in [4.78, 5) is 52.1. The van der Waals surface area contributed by atoms with Gasteiger partial charge in [0, 0.05) is 41.5 Å². The Kier molecular flexibility index (Phi) is 8.47. The average Bonchev–Trinajstić information content (AvgIpc) is 3.16. The van der Waals surface area contributed by atoms with Crippen LogP contribution in [0.1, 0.15) is 30.9 Å². The lowest BCUT2D eigenvalue weighted by Gasteiger charge is -2.27. The van der Waals surface area contributed by atoms with Crippen LogP contribution in [0.5, 0.6) is 0 Å². The third-order valence-corrected chi connectivity index (χ3v) is 6.21. The highest BCUT2D eigenvalue weighted by molar-refractivity contribution is 6.38. The van der Waals surface area contributed by atoms with E-state index in [2.05, 4.69) is 10.6 Å². The van der Waals surface area contributed by atoms with Gasteiger partial charge in [-0.3, -0.25) is 19.2 Å². The number of hydrogen-bond acceptors (Lipinski definition) is 4. The first kappa shape index (κ1) is 24.7. The second-order valence-corrected chi connectivity index (χ2v) is 8.57. The number of halogens is 2. The number of nitrogens with one attached hydrogen (secondary N) is 2. The van der Waals surface area contributed by atoms with Crippen molar-refractivity contribution in [2.45, 2.75) is 44.8 Å². The molecule has 9 heteroatoms. The molecule has 0 aliphatic carbocycles. The number of ketones is 1. The van der Waals surface area contributed by atoms with Crippen LogP contribution in [0.2, 0.25) is 10.0 Å². The Hall–Kier alpha value is -2.90. The van der Waals surface area contributed by atoms with E-state index in [1.54, 1.807) is 25.1 Å². The number of hydrogen-bond donors (Lipinski definition) is 2. The Labute approximate surface area is 202 Å². The lowest BCUT2D eigenvalue weighted by Crippen LogP contribution is -2.53. The summed E-state index contributed by atoms with van der Waals surface area (Å²) in [6.07, 6.45) is 0.632. The van der Waals surface area contributed by atoms with Crippen molar-refractivity contribution in [2.24, 2.45) is 0 Å². The summed E-state index contributed by atoms with van der Waals surface area (Å²) in [5, 5.41) is 5.98. The predicted molar refractivity (Wildman–Crippen MR) is 126 cm³/mol. The van der Waals surface area contributed by atoms with E-state index in [9.17, 15) is 19.2 Å². The highest BCUT2D eigenvalue weighted by Crippen LogP contribution is 2.29. The largest absolute Gasteiger partial charge is 0.350 e. The standard InChI is InChI=1S/C24H25Cl2N3O4/c1-2-27-24(33)22(31)19(13-15-7-4-3-5-8-15)28-23(32)20-11-12-21(30)29(20)14-16-17(25)9-6-10-18(16)26/h3-10,19-20H,2,11-14H2,1H3,(H,27,33)(H,28,32). The Bertz CT molecular complexity index is 1030. The topological polar surface area (TPSA) is 95.6 Å². The summed E-state index contributed by atoms with van der Waals surface area (Å²) in [5.74, 6) is -2.21. The zero-order valence-electron chi connectivity index (χ0n) is 18.1. The van der Waals surface area contributed by atoms with E-state index in [1.807, 2.05) is 30.3 Å². The molecule has 1 saturated heterocycles. The van der Waals surface area contributed by atoms with Crippen LogP contribution >= 0.6 is 23.2 Å². The number of Topliss-reactive ketones (excluding diaryl/α,β-unsaturated/α-hetero) is 1. The fourth-order valence-corrected chi connectivity index (χ4v) is 4.31. The van der Waals surface area contributed by atoms with Gasteiger partial charge >= 0.3 is 0 Å². The van der Waals surface area contributed by atoms with Crippen LogP contribution in [0.15, 0.2) is 48.5 Å². The number of benzene rings is 2. The Balaban J connectivity index is 1.79. The molecule has 2 aromatic carbocycles. The van der Waals surface area contributed by atoms with Gasteiger partial charge in [0.1, 0.15) is 12.1 Å². The van der Waals surface area contributed by atoms with Gasteiger partial charge in [0.05, 0.1) is 0 Å². The molecule has 2 atom stereocenters. The molecule has 7 nitrogen and oxygen atoms in total. The highest BCUT2D eigenvalue weighted by Gasteiger charge is 2.38. The van der Waals surface area contributed by atoms with Crippen LogP contribution in [-0.4, -0.2) is 47.0 Å². The number of likely N-dealkylation sites (tertiary alicyclic amines) is 1. The van der Waals surface area contributed by atoms with Crippen LogP contribution in [0.3, 0.4) is 0 Å². The minimum atomic E-state index is -1.06. The number of likely N-dealkylation sites (N-methyl/N-ethyl adjacent to an activating group) is 1. The fourth-order valence-electron chi connectivity index (χ4n) is 3.79. The molecule has 0 saturated carbocycles. The highest BCUT2D eigenvalue weighted by atomic mass is 35.5. The van der Waals surface area contributed by atoms with Crippen molar-refractivity contribution in [1.82, 2.24) is 15.5 Å². The van der Waals surface area contributed by atoms with Crippen molar-refractivity contribution in [3.05, 3.63) is 69.7 Å². The van der Waals surface area contributed by atoms with Crippen LogP contribution in [0.4, 0.5) is 0 Å². The molecular formula is C24H25Cl2N3O4. The zero-order chi connectivity index (χ0) is 24.0. The van der Waals surface area contributed by atoms with E-state index in [4.69, 9.17) is 23.2 Å². The quantitative estimate of drug-likeness (QED) is 0.529. The normalized spacial score (nSPS) is 16.4. The predicted octanol–water partition coefficient (Wildman–Crippen LogP) is 2.92. The minimum absolute atomic E-state index is 0.0725. The molecule has 0 spiro atoms. The summed E-state index contributed by atoms with van der Waals surface area (Å²) in [6.45, 7) is 2.07. The van der Waals surface area contributed by atoms with Gasteiger partial charge in [0.2, 0.25) is 17.6 Å². The number of carbonyl (C=O) groups excluding carboxylic acids is 4. The summed E-state index contributed by atoms with van der Waals surface area (Å²) >= 11 is 12.5. The first-order chi connectivity index (χ1) is 15.8. The van der Waals surface area contributed by atoms with Gasteiger partial charge in [-0.1, -0.05) is 59.6 Å². The van der Waals surface area contributed by atoms with Crippen LogP contribution < -0.4 is 10.6 Å². The maximum atomic E-state index is 13.2. The molecule has 2 unspecified atom stereocenters. The van der Waals surface area contributed by atoms with Crippen molar-refractivity contribution >= 4 is 46.7 Å². The SMILES string of the molecule is CCNC(=O)C(=O)C(Cc1ccccc1)NC(=O)C1CCC(=O)N1Cc1c(Cl)cccc1Cl. The Morgan fingerprint density at radius 2 is 1.73 bits per heavy atom. The lowest BCUT2D eigenvalue weighted by atomic mass is 10.0. The van der Waals surface area contributed by atoms with Crippen LogP contribution in [-0.2, 0) is 32.1 Å². The van der Waals surface area contributed by atoms with E-state index < -0.39 is 29.7 Å². The van der Waals surface area contributed by atoms with Crippen molar-refractivity contribution in [3.63, 3.8) is 0 Å². The number of nitrogens with zero attached hydrogens (tertiary/aromatic N) is 1. The molecule has 1 aliphatic rings. The van der Waals surface area contributed by atoms with E-state index >= 15 is 0 Å². The number of carbonyl (C=O) groups is 4. The van der Waals surface area contributed by atoms with Crippen molar-refractivity contribution in [1.29, 1.82) is 0 Å². The molecule has 174 valence electrons. The zero-order valence-corrected chi connectivity index (χ0v) is 19.7. The second-order valence-electron chi connectivity index (χ2n) is 7.75. The number of rotatable bonds is 9. The van der Waals surface area contributed by atoms with Gasteiger partial charge in [0.15, 0.2) is 0 Å². The van der Waals surface area contributed by atoms with Gasteiger partial charge in [-0.25, -0.2) is 0 Å². The molecule has 0 radical (unpaired) electrons. The van der Waals surface area contributed by atoms with Gasteiger partial charge in [-0.05, 0) is 31.0 Å². The smallest absolute Gasteiger partial charge is 0.289 e. The first-order valence-corrected chi connectivity index (χ1v) is 11.5. The molecule has 2 N–H and O–H groups in total. The summed E-state index contributed by atoms with van der Waals surface area (Å²) in [6, 6.07) is 12.3. The van der Waals surface area contributed by atoms with E-state index in [-0.39, 0.29) is 25.3 Å². The molecule has 0 bridgehead atoms. The fraction of sp³-hybridized carbons (Fsp3) is 0.333. The molecule has 33 heavy (non-hydrogen) atoms. The minimum Gasteiger partial charge on any atom is -0.350 e. The molecule has 0 aromatic heterocycles. The molecule has 1 fully saturated rings. The second kappa shape index (κ2) is 11.3. The molecule has 3 rings (SSSR count). The van der Waals surface area contributed by atoms with Crippen molar-refractivity contribution in [3.8, 4) is 0 Å². The third kappa shape index (κ3) is 6.12. The summed E-state index contributed by atoms with van der Waals surface area (Å²) in [7, 11) is 0. The van der Waals surface area contributed by atoms with Gasteiger partial charge < -0.3 is 15.5 Å². The van der Waals surface area contributed by atoms with Gasteiger partial charge in [-0.2, -0.15) is 0 Å². The average molecular weight is 490 g/mol. The van der Waals surface area contributed by atoms with Gasteiger partial charge in [0.25, 0.3) is 5.91 Å². The maximum Gasteiger partial charge on any atom is 0.289 e. The van der Waals surface area contributed by atoms with Crippen molar-refractivity contribution in [2.75, 3.05) is 6.54 Å². The van der Waals surface area contributed by atoms with E-state index in [0.717, 1.165) is 5.56 Å². The van der Waals surface area contributed by atoms with E-state index in [0.29, 0.717) is 28.6 Å². The summed E-state index contributed by atoms with van der Waals surface area (Å²) in [5.41, 5.74) is 1.34. The summed E-state index contributed by atoms with van der Waals surface area (Å²) < 4.78 is 0. The first-order valence-electron chi connectivity index (χ1n) is 10.7.